The lowest BCUT2D eigenvalue weighted by Crippen LogP contribution is -2.31. The SMILES string of the molecule is CSCC[C@@H](NC(=O)c1oc2ccccc2c1C)c1cc(=O)[nH]c(-c2ccccn2)n1. The number of H-pyrrole nitrogens is 1. The van der Waals surface area contributed by atoms with Crippen LogP contribution in [0.1, 0.15) is 34.3 Å². The van der Waals surface area contributed by atoms with Crippen LogP contribution >= 0.6 is 11.8 Å². The molecule has 0 fully saturated rings. The van der Waals surface area contributed by atoms with Crippen molar-refractivity contribution in [2.24, 2.45) is 0 Å². The molecule has 0 saturated carbocycles. The van der Waals surface area contributed by atoms with Gasteiger partial charge in [0.2, 0.25) is 0 Å². The zero-order valence-corrected chi connectivity index (χ0v) is 18.0. The van der Waals surface area contributed by atoms with Crippen LogP contribution in [0.5, 0.6) is 0 Å². The Bertz CT molecular complexity index is 1270. The Hall–Kier alpha value is -3.39. The minimum atomic E-state index is -0.447. The summed E-state index contributed by atoms with van der Waals surface area (Å²) in [5.74, 6) is 1.09. The van der Waals surface area contributed by atoms with Crippen LogP contribution < -0.4 is 10.9 Å². The van der Waals surface area contributed by atoms with Crippen molar-refractivity contribution in [2.75, 3.05) is 12.0 Å². The van der Waals surface area contributed by atoms with Crippen LogP contribution in [-0.4, -0.2) is 32.9 Å². The maximum absolute atomic E-state index is 13.1. The van der Waals surface area contributed by atoms with Gasteiger partial charge in [-0.15, -0.1) is 0 Å². The fourth-order valence-electron chi connectivity index (χ4n) is 3.42. The summed E-state index contributed by atoms with van der Waals surface area (Å²) in [5, 5.41) is 3.91. The maximum atomic E-state index is 13.1. The molecule has 0 bridgehead atoms. The first-order valence-corrected chi connectivity index (χ1v) is 11.3. The van der Waals surface area contributed by atoms with E-state index in [1.54, 1.807) is 30.1 Å². The summed E-state index contributed by atoms with van der Waals surface area (Å²) in [5.41, 5.74) is 2.20. The van der Waals surface area contributed by atoms with Crippen molar-refractivity contribution < 1.29 is 9.21 Å². The quantitative estimate of drug-likeness (QED) is 0.454. The van der Waals surface area contributed by atoms with E-state index in [9.17, 15) is 9.59 Å². The number of nitrogens with one attached hydrogen (secondary N) is 2. The lowest BCUT2D eigenvalue weighted by atomic mass is 10.1. The summed E-state index contributed by atoms with van der Waals surface area (Å²) in [6, 6.07) is 13.9. The molecule has 31 heavy (non-hydrogen) atoms. The third kappa shape index (κ3) is 4.54. The topological polar surface area (TPSA) is 101 Å². The largest absolute Gasteiger partial charge is 0.451 e. The number of amides is 1. The van der Waals surface area contributed by atoms with Gasteiger partial charge in [-0.2, -0.15) is 11.8 Å². The number of benzene rings is 1. The van der Waals surface area contributed by atoms with Gasteiger partial charge >= 0.3 is 0 Å². The van der Waals surface area contributed by atoms with E-state index in [0.717, 1.165) is 16.7 Å². The Morgan fingerprint density at radius 3 is 2.77 bits per heavy atom. The fourth-order valence-corrected chi connectivity index (χ4v) is 3.89. The summed E-state index contributed by atoms with van der Waals surface area (Å²) < 4.78 is 5.80. The van der Waals surface area contributed by atoms with Crippen molar-refractivity contribution in [1.29, 1.82) is 0 Å². The summed E-state index contributed by atoms with van der Waals surface area (Å²) in [6.07, 6.45) is 4.25. The number of hydrogen-bond acceptors (Lipinski definition) is 6. The highest BCUT2D eigenvalue weighted by molar-refractivity contribution is 7.98. The Labute approximate surface area is 183 Å². The van der Waals surface area contributed by atoms with Gasteiger partial charge in [-0.25, -0.2) is 4.98 Å². The molecular formula is C23H22N4O3S. The molecule has 4 rings (SSSR count). The van der Waals surface area contributed by atoms with E-state index in [1.165, 1.54) is 6.07 Å². The maximum Gasteiger partial charge on any atom is 0.287 e. The van der Waals surface area contributed by atoms with Gasteiger partial charge in [0, 0.05) is 23.2 Å². The van der Waals surface area contributed by atoms with Crippen LogP contribution in [0.2, 0.25) is 0 Å². The first kappa shape index (κ1) is 20.9. The molecule has 0 saturated heterocycles. The molecule has 2 N–H and O–H groups in total. The second-order valence-corrected chi connectivity index (χ2v) is 8.08. The van der Waals surface area contributed by atoms with Gasteiger partial charge in [-0.1, -0.05) is 24.3 Å². The number of fused-ring (bicyclic) bond motifs is 1. The van der Waals surface area contributed by atoms with Crippen molar-refractivity contribution in [2.45, 2.75) is 19.4 Å². The van der Waals surface area contributed by atoms with E-state index in [4.69, 9.17) is 4.42 Å². The lowest BCUT2D eigenvalue weighted by molar-refractivity contribution is 0.0908. The molecule has 0 aliphatic carbocycles. The van der Waals surface area contributed by atoms with Crippen LogP contribution in [0.4, 0.5) is 0 Å². The van der Waals surface area contributed by atoms with Crippen molar-refractivity contribution >= 4 is 28.6 Å². The molecule has 1 aromatic carbocycles. The third-order valence-corrected chi connectivity index (χ3v) is 5.64. The molecule has 8 heteroatoms. The molecular weight excluding hydrogens is 412 g/mol. The molecule has 4 aromatic rings. The van der Waals surface area contributed by atoms with Crippen molar-refractivity contribution in [3.8, 4) is 11.5 Å². The van der Waals surface area contributed by atoms with Crippen LogP contribution in [-0.2, 0) is 0 Å². The molecule has 0 aliphatic heterocycles. The standard InChI is InChI=1S/C23H22N4O3S/c1-14-15-7-3-4-9-19(15)30-21(14)23(29)26-16(10-12-31-2)18-13-20(28)27-22(25-18)17-8-5-6-11-24-17/h3-9,11,13,16H,10,12H2,1-2H3,(H,26,29)(H,25,27,28)/t16-/m1/s1. The van der Waals surface area contributed by atoms with Crippen molar-refractivity contribution in [1.82, 2.24) is 20.3 Å². The summed E-state index contributed by atoms with van der Waals surface area (Å²) in [7, 11) is 0. The number of pyridine rings is 1. The number of aromatic amines is 1. The van der Waals surface area contributed by atoms with Crippen molar-refractivity contribution in [3.05, 3.63) is 82.1 Å². The number of hydrogen-bond donors (Lipinski definition) is 2. The zero-order valence-electron chi connectivity index (χ0n) is 17.2. The number of aromatic nitrogens is 3. The van der Waals surface area contributed by atoms with Crippen LogP contribution in [0.15, 0.2) is 63.9 Å². The number of carbonyl (C=O) groups is 1. The Morgan fingerprint density at radius 1 is 1.23 bits per heavy atom. The van der Waals surface area contributed by atoms with Gasteiger partial charge in [-0.3, -0.25) is 14.6 Å². The molecule has 158 valence electrons. The molecule has 0 spiro atoms. The molecule has 1 amide bonds. The Kier molecular flexibility index (Phi) is 6.18. The molecule has 0 radical (unpaired) electrons. The van der Waals surface area contributed by atoms with Gasteiger partial charge in [0.15, 0.2) is 11.6 Å². The number of carbonyl (C=O) groups excluding carboxylic acids is 1. The summed E-state index contributed by atoms with van der Waals surface area (Å²) in [6.45, 7) is 1.86. The smallest absolute Gasteiger partial charge is 0.287 e. The third-order valence-electron chi connectivity index (χ3n) is 4.99. The Morgan fingerprint density at radius 2 is 2.03 bits per heavy atom. The monoisotopic (exact) mass is 434 g/mol. The van der Waals surface area contributed by atoms with Gasteiger partial charge in [0.05, 0.1) is 11.7 Å². The number of para-hydroxylation sites is 1. The highest BCUT2D eigenvalue weighted by Gasteiger charge is 2.23. The molecule has 0 unspecified atom stereocenters. The lowest BCUT2D eigenvalue weighted by Gasteiger charge is -2.18. The molecule has 3 aromatic heterocycles. The van der Waals surface area contributed by atoms with Crippen LogP contribution in [0, 0.1) is 6.92 Å². The second kappa shape index (κ2) is 9.18. The summed E-state index contributed by atoms with van der Waals surface area (Å²) >= 11 is 1.66. The number of nitrogens with zero attached hydrogens (tertiary/aromatic N) is 2. The first-order chi connectivity index (χ1) is 15.1. The molecule has 1 atom stereocenters. The predicted octanol–water partition coefficient (Wildman–Crippen LogP) is 4.11. The summed E-state index contributed by atoms with van der Waals surface area (Å²) in [4.78, 5) is 37.0. The van der Waals surface area contributed by atoms with Crippen molar-refractivity contribution in [3.63, 3.8) is 0 Å². The predicted molar refractivity (Wildman–Crippen MR) is 122 cm³/mol. The van der Waals surface area contributed by atoms with E-state index >= 15 is 0 Å². The fraction of sp³-hybridized carbons (Fsp3) is 0.217. The minimum Gasteiger partial charge on any atom is -0.451 e. The van der Waals surface area contributed by atoms with E-state index in [-0.39, 0.29) is 17.2 Å². The average molecular weight is 435 g/mol. The van der Waals surface area contributed by atoms with Gasteiger partial charge in [0.1, 0.15) is 11.3 Å². The molecule has 3 heterocycles. The van der Waals surface area contributed by atoms with Crippen LogP contribution in [0.25, 0.3) is 22.5 Å². The number of rotatable bonds is 7. The number of thioether (sulfide) groups is 1. The van der Waals surface area contributed by atoms with Gasteiger partial charge in [-0.05, 0) is 43.6 Å². The van der Waals surface area contributed by atoms with Crippen LogP contribution in [0.3, 0.4) is 0 Å². The molecule has 0 aliphatic rings. The van der Waals surface area contributed by atoms with Gasteiger partial charge < -0.3 is 14.7 Å². The van der Waals surface area contributed by atoms with E-state index in [1.807, 2.05) is 43.5 Å². The number of furan rings is 1. The molecule has 7 nitrogen and oxygen atoms in total. The first-order valence-electron chi connectivity index (χ1n) is 9.87. The second-order valence-electron chi connectivity index (χ2n) is 7.09. The highest BCUT2D eigenvalue weighted by atomic mass is 32.2. The highest BCUT2D eigenvalue weighted by Crippen LogP contribution is 2.26. The average Bonchev–Trinajstić information content (AvgIpc) is 3.13. The van der Waals surface area contributed by atoms with Gasteiger partial charge in [0.25, 0.3) is 11.5 Å². The zero-order chi connectivity index (χ0) is 21.8. The number of aryl methyl sites for hydroxylation is 1. The van der Waals surface area contributed by atoms with E-state index in [0.29, 0.717) is 29.2 Å². The van der Waals surface area contributed by atoms with E-state index < -0.39 is 6.04 Å². The Balaban J connectivity index is 1.67. The minimum absolute atomic E-state index is 0.269. The van der Waals surface area contributed by atoms with E-state index in [2.05, 4.69) is 20.3 Å². The normalized spacial score (nSPS) is 12.1.